The molecule has 1 aromatic carbocycles. The maximum absolute atomic E-state index is 5.81. The van der Waals surface area contributed by atoms with Crippen LogP contribution < -0.4 is 5.73 Å². The molecule has 0 fully saturated rings. The van der Waals surface area contributed by atoms with Crippen LogP contribution in [0.1, 0.15) is 0 Å². The van der Waals surface area contributed by atoms with Crippen molar-refractivity contribution in [3.63, 3.8) is 0 Å². The lowest BCUT2D eigenvalue weighted by Gasteiger charge is -2.05. The lowest BCUT2D eigenvalue weighted by molar-refractivity contribution is 1.29. The first-order valence-electron chi connectivity index (χ1n) is 6.06. The maximum atomic E-state index is 5.81. The fourth-order valence-electron chi connectivity index (χ4n) is 1.98. The largest absolute Gasteiger partial charge is 0.399 e. The zero-order valence-corrected chi connectivity index (χ0v) is 10.3. The Morgan fingerprint density at radius 3 is 2.16 bits per heavy atom. The van der Waals surface area contributed by atoms with Gasteiger partial charge in [0.05, 0.1) is 11.4 Å². The van der Waals surface area contributed by atoms with Crippen LogP contribution in [0.4, 0.5) is 5.69 Å². The Bertz CT molecular complexity index is 693. The Kier molecular flexibility index (Phi) is 2.94. The van der Waals surface area contributed by atoms with E-state index in [0.717, 1.165) is 28.2 Å². The molecule has 19 heavy (non-hydrogen) atoms. The molecular formula is C16H13N3. The summed E-state index contributed by atoms with van der Waals surface area (Å²) < 4.78 is 0. The SMILES string of the molecule is Nc1cccc(-c2cccc(-c3ccncc3)n2)c1. The van der Waals surface area contributed by atoms with Gasteiger partial charge in [-0.3, -0.25) is 4.98 Å². The van der Waals surface area contributed by atoms with E-state index < -0.39 is 0 Å². The van der Waals surface area contributed by atoms with E-state index in [1.165, 1.54) is 0 Å². The molecule has 0 aliphatic heterocycles. The molecule has 3 heteroatoms. The summed E-state index contributed by atoms with van der Waals surface area (Å²) in [6.45, 7) is 0. The van der Waals surface area contributed by atoms with Crippen molar-refractivity contribution in [1.82, 2.24) is 9.97 Å². The first kappa shape index (κ1) is 11.4. The van der Waals surface area contributed by atoms with Crippen molar-refractivity contribution in [2.24, 2.45) is 0 Å². The number of anilines is 1. The van der Waals surface area contributed by atoms with E-state index in [2.05, 4.69) is 9.97 Å². The molecule has 0 spiro atoms. The molecule has 0 bridgehead atoms. The van der Waals surface area contributed by atoms with Gasteiger partial charge in [-0.25, -0.2) is 4.98 Å². The summed E-state index contributed by atoms with van der Waals surface area (Å²) in [6.07, 6.45) is 3.54. The highest BCUT2D eigenvalue weighted by Crippen LogP contribution is 2.23. The van der Waals surface area contributed by atoms with E-state index in [0.29, 0.717) is 0 Å². The Morgan fingerprint density at radius 1 is 0.737 bits per heavy atom. The Morgan fingerprint density at radius 2 is 1.42 bits per heavy atom. The molecular weight excluding hydrogens is 234 g/mol. The van der Waals surface area contributed by atoms with E-state index in [1.54, 1.807) is 12.4 Å². The van der Waals surface area contributed by atoms with Crippen LogP contribution in [-0.2, 0) is 0 Å². The molecule has 0 unspecified atom stereocenters. The molecule has 0 radical (unpaired) electrons. The Balaban J connectivity index is 2.06. The maximum Gasteiger partial charge on any atom is 0.0710 e. The fourth-order valence-corrected chi connectivity index (χ4v) is 1.98. The molecule has 2 heterocycles. The highest BCUT2D eigenvalue weighted by molar-refractivity contribution is 5.68. The molecule has 0 saturated carbocycles. The van der Waals surface area contributed by atoms with Crippen molar-refractivity contribution in [2.75, 3.05) is 5.73 Å². The molecule has 92 valence electrons. The van der Waals surface area contributed by atoms with Gasteiger partial charge in [-0.1, -0.05) is 18.2 Å². The molecule has 0 amide bonds. The van der Waals surface area contributed by atoms with Gasteiger partial charge in [0.1, 0.15) is 0 Å². The van der Waals surface area contributed by atoms with Crippen molar-refractivity contribution >= 4 is 5.69 Å². The van der Waals surface area contributed by atoms with Gasteiger partial charge in [-0.15, -0.1) is 0 Å². The highest BCUT2D eigenvalue weighted by Gasteiger charge is 2.03. The lowest BCUT2D eigenvalue weighted by Crippen LogP contribution is -1.89. The summed E-state index contributed by atoms with van der Waals surface area (Å²) in [5, 5.41) is 0. The van der Waals surface area contributed by atoms with Gasteiger partial charge >= 0.3 is 0 Å². The number of nitrogen functional groups attached to an aromatic ring is 1. The first-order valence-corrected chi connectivity index (χ1v) is 6.06. The number of rotatable bonds is 2. The topological polar surface area (TPSA) is 51.8 Å². The van der Waals surface area contributed by atoms with E-state index in [1.807, 2.05) is 54.6 Å². The zero-order valence-electron chi connectivity index (χ0n) is 10.3. The first-order chi connectivity index (χ1) is 9.33. The summed E-state index contributed by atoms with van der Waals surface area (Å²) in [5.74, 6) is 0. The van der Waals surface area contributed by atoms with Crippen LogP contribution in [0.25, 0.3) is 22.5 Å². The fraction of sp³-hybridized carbons (Fsp3) is 0. The van der Waals surface area contributed by atoms with Gasteiger partial charge in [-0.2, -0.15) is 0 Å². The number of benzene rings is 1. The average Bonchev–Trinajstić information content (AvgIpc) is 2.48. The minimum atomic E-state index is 0.744. The van der Waals surface area contributed by atoms with Crippen molar-refractivity contribution < 1.29 is 0 Å². The zero-order chi connectivity index (χ0) is 13.1. The van der Waals surface area contributed by atoms with Gasteiger partial charge < -0.3 is 5.73 Å². The number of nitrogens with two attached hydrogens (primary N) is 1. The second kappa shape index (κ2) is 4.90. The number of hydrogen-bond acceptors (Lipinski definition) is 3. The average molecular weight is 247 g/mol. The summed E-state index contributed by atoms with van der Waals surface area (Å²) in [7, 11) is 0. The Hall–Kier alpha value is -2.68. The third-order valence-electron chi connectivity index (χ3n) is 2.91. The summed E-state index contributed by atoms with van der Waals surface area (Å²) in [6, 6.07) is 17.6. The van der Waals surface area contributed by atoms with E-state index in [9.17, 15) is 0 Å². The van der Waals surface area contributed by atoms with E-state index >= 15 is 0 Å². The van der Waals surface area contributed by atoms with E-state index in [4.69, 9.17) is 5.73 Å². The van der Waals surface area contributed by atoms with Crippen LogP contribution in [0.2, 0.25) is 0 Å². The van der Waals surface area contributed by atoms with Crippen molar-refractivity contribution in [2.45, 2.75) is 0 Å². The van der Waals surface area contributed by atoms with Crippen molar-refractivity contribution in [3.8, 4) is 22.5 Å². The normalized spacial score (nSPS) is 10.3. The van der Waals surface area contributed by atoms with Crippen LogP contribution in [0.15, 0.2) is 67.0 Å². The molecule has 2 aromatic heterocycles. The second-order valence-electron chi connectivity index (χ2n) is 4.27. The van der Waals surface area contributed by atoms with Gasteiger partial charge in [0, 0.05) is 29.2 Å². The molecule has 3 aromatic rings. The van der Waals surface area contributed by atoms with Gasteiger partial charge in [0.15, 0.2) is 0 Å². The predicted octanol–water partition coefficient (Wildman–Crippen LogP) is 3.39. The lowest BCUT2D eigenvalue weighted by atomic mass is 10.1. The highest BCUT2D eigenvalue weighted by atomic mass is 14.7. The molecule has 3 nitrogen and oxygen atoms in total. The third kappa shape index (κ3) is 2.45. The van der Waals surface area contributed by atoms with Crippen LogP contribution in [0.5, 0.6) is 0 Å². The smallest absolute Gasteiger partial charge is 0.0710 e. The quantitative estimate of drug-likeness (QED) is 0.706. The monoisotopic (exact) mass is 247 g/mol. The third-order valence-corrected chi connectivity index (χ3v) is 2.91. The molecule has 0 aliphatic carbocycles. The van der Waals surface area contributed by atoms with Gasteiger partial charge in [0.25, 0.3) is 0 Å². The number of nitrogens with zero attached hydrogens (tertiary/aromatic N) is 2. The number of aromatic nitrogens is 2. The van der Waals surface area contributed by atoms with Gasteiger partial charge in [0.2, 0.25) is 0 Å². The molecule has 0 aliphatic rings. The molecule has 0 atom stereocenters. The summed E-state index contributed by atoms with van der Waals surface area (Å²) in [4.78, 5) is 8.69. The van der Waals surface area contributed by atoms with E-state index in [-0.39, 0.29) is 0 Å². The number of hydrogen-bond donors (Lipinski definition) is 1. The summed E-state index contributed by atoms with van der Waals surface area (Å²) in [5.41, 5.74) is 10.5. The van der Waals surface area contributed by atoms with Crippen LogP contribution in [0, 0.1) is 0 Å². The predicted molar refractivity (Wildman–Crippen MR) is 77.3 cm³/mol. The Labute approximate surface area is 111 Å². The standard InChI is InChI=1S/C16H13N3/c17-14-4-1-3-13(11-14)16-6-2-5-15(19-16)12-7-9-18-10-8-12/h1-11H,17H2. The van der Waals surface area contributed by atoms with Gasteiger partial charge in [-0.05, 0) is 36.4 Å². The van der Waals surface area contributed by atoms with Crippen LogP contribution in [-0.4, -0.2) is 9.97 Å². The number of pyridine rings is 2. The molecule has 3 rings (SSSR count). The summed E-state index contributed by atoms with van der Waals surface area (Å²) >= 11 is 0. The van der Waals surface area contributed by atoms with Crippen LogP contribution >= 0.6 is 0 Å². The minimum absolute atomic E-state index is 0.744. The molecule has 2 N–H and O–H groups in total. The van der Waals surface area contributed by atoms with Crippen molar-refractivity contribution in [1.29, 1.82) is 0 Å². The van der Waals surface area contributed by atoms with Crippen molar-refractivity contribution in [3.05, 3.63) is 67.0 Å². The second-order valence-corrected chi connectivity index (χ2v) is 4.27. The minimum Gasteiger partial charge on any atom is -0.399 e. The van der Waals surface area contributed by atoms with Crippen LogP contribution in [0.3, 0.4) is 0 Å². The molecule has 0 saturated heterocycles.